The van der Waals surface area contributed by atoms with Gasteiger partial charge in [0.25, 0.3) is 5.56 Å². The molecule has 0 radical (unpaired) electrons. The molecule has 0 bridgehead atoms. The molecule has 8 nitrogen and oxygen atoms in total. The van der Waals surface area contributed by atoms with Crippen molar-refractivity contribution in [3.8, 4) is 0 Å². The van der Waals surface area contributed by atoms with Gasteiger partial charge in [0.15, 0.2) is 5.82 Å². The van der Waals surface area contributed by atoms with Gasteiger partial charge in [-0.25, -0.2) is 4.68 Å². The Balaban J connectivity index is 1.51. The molecular weight excluding hydrogens is 464 g/mol. The Bertz CT molecular complexity index is 1420. The lowest BCUT2D eigenvalue weighted by Crippen LogP contribution is -2.33. The van der Waals surface area contributed by atoms with Gasteiger partial charge in [-0.1, -0.05) is 48.4 Å². The van der Waals surface area contributed by atoms with Crippen LogP contribution in [0.1, 0.15) is 65.9 Å². The number of aryl methyl sites for hydroxylation is 3. The van der Waals surface area contributed by atoms with Crippen LogP contribution in [0.15, 0.2) is 47.3 Å². The molecule has 0 spiro atoms. The fraction of sp³-hybridized carbons (Fsp3) is 0.448. The highest BCUT2D eigenvalue weighted by atomic mass is 16.5. The molecule has 2 atom stereocenters. The van der Waals surface area contributed by atoms with Crippen LogP contribution in [0.5, 0.6) is 0 Å². The van der Waals surface area contributed by atoms with Crippen molar-refractivity contribution in [3.05, 3.63) is 86.5 Å². The zero-order valence-electron chi connectivity index (χ0n) is 22.2. The maximum absolute atomic E-state index is 13.3. The van der Waals surface area contributed by atoms with E-state index in [0.717, 1.165) is 53.7 Å². The van der Waals surface area contributed by atoms with Gasteiger partial charge in [-0.2, -0.15) is 0 Å². The highest BCUT2D eigenvalue weighted by molar-refractivity contribution is 5.82. The Kier molecular flexibility index (Phi) is 7.48. The van der Waals surface area contributed by atoms with Crippen LogP contribution in [0.25, 0.3) is 10.9 Å². The van der Waals surface area contributed by atoms with Crippen LogP contribution in [-0.4, -0.2) is 42.8 Å². The van der Waals surface area contributed by atoms with Gasteiger partial charge in [0.1, 0.15) is 0 Å². The highest BCUT2D eigenvalue weighted by Crippen LogP contribution is 2.28. The van der Waals surface area contributed by atoms with Crippen LogP contribution in [0.2, 0.25) is 0 Å². The van der Waals surface area contributed by atoms with Crippen LogP contribution in [-0.2, 0) is 24.4 Å². The minimum absolute atomic E-state index is 0.0536. The zero-order chi connectivity index (χ0) is 25.9. The number of aromatic amines is 1. The van der Waals surface area contributed by atoms with Crippen molar-refractivity contribution in [3.63, 3.8) is 0 Å². The number of tetrazole rings is 1. The van der Waals surface area contributed by atoms with Gasteiger partial charge < -0.3 is 9.72 Å². The van der Waals surface area contributed by atoms with E-state index in [0.29, 0.717) is 19.6 Å². The van der Waals surface area contributed by atoms with Crippen molar-refractivity contribution in [2.24, 2.45) is 0 Å². The van der Waals surface area contributed by atoms with Crippen molar-refractivity contribution in [1.82, 2.24) is 30.1 Å². The first-order valence-corrected chi connectivity index (χ1v) is 13.2. The number of hydrogen-bond donors (Lipinski definition) is 1. The molecule has 37 heavy (non-hydrogen) atoms. The second-order valence-corrected chi connectivity index (χ2v) is 10.3. The number of nitrogens with zero attached hydrogens (tertiary/aromatic N) is 5. The Labute approximate surface area is 217 Å². The summed E-state index contributed by atoms with van der Waals surface area (Å²) in [6, 6.07) is 14.8. The summed E-state index contributed by atoms with van der Waals surface area (Å²) < 4.78 is 7.75. The summed E-state index contributed by atoms with van der Waals surface area (Å²) >= 11 is 0. The van der Waals surface area contributed by atoms with Gasteiger partial charge in [0.2, 0.25) is 0 Å². The average molecular weight is 501 g/mol. The number of nitrogens with one attached hydrogen (secondary N) is 1. The maximum Gasteiger partial charge on any atom is 0.252 e. The van der Waals surface area contributed by atoms with Gasteiger partial charge >= 0.3 is 0 Å². The van der Waals surface area contributed by atoms with Crippen LogP contribution < -0.4 is 5.56 Å². The number of benzene rings is 2. The lowest BCUT2D eigenvalue weighted by molar-refractivity contribution is 0.0888. The molecule has 1 fully saturated rings. The second kappa shape index (κ2) is 10.9. The molecule has 3 heterocycles. The van der Waals surface area contributed by atoms with E-state index in [2.05, 4.69) is 82.6 Å². The normalized spacial score (nSPS) is 16.6. The Morgan fingerprint density at radius 3 is 2.65 bits per heavy atom. The topological polar surface area (TPSA) is 88.9 Å². The summed E-state index contributed by atoms with van der Waals surface area (Å²) in [5, 5.41) is 13.9. The maximum atomic E-state index is 13.3. The van der Waals surface area contributed by atoms with Gasteiger partial charge in [-0.3, -0.25) is 9.69 Å². The van der Waals surface area contributed by atoms with Crippen LogP contribution in [0, 0.1) is 20.8 Å². The summed E-state index contributed by atoms with van der Waals surface area (Å²) in [5.74, 6) is 0.814. The van der Waals surface area contributed by atoms with E-state index in [1.807, 2.05) is 17.7 Å². The summed E-state index contributed by atoms with van der Waals surface area (Å²) in [6.45, 7) is 11.0. The zero-order valence-corrected chi connectivity index (χ0v) is 22.2. The minimum atomic E-state index is -0.0629. The number of pyridine rings is 1. The Morgan fingerprint density at radius 1 is 1.11 bits per heavy atom. The van der Waals surface area contributed by atoms with E-state index in [4.69, 9.17) is 4.74 Å². The van der Waals surface area contributed by atoms with E-state index < -0.39 is 0 Å². The van der Waals surface area contributed by atoms with Crippen LogP contribution >= 0.6 is 0 Å². The monoisotopic (exact) mass is 500 g/mol. The summed E-state index contributed by atoms with van der Waals surface area (Å²) in [5.41, 5.74) is 6.25. The molecule has 0 saturated carbocycles. The van der Waals surface area contributed by atoms with Crippen molar-refractivity contribution in [2.45, 2.75) is 78.7 Å². The summed E-state index contributed by atoms with van der Waals surface area (Å²) in [4.78, 5) is 18.7. The first-order chi connectivity index (χ1) is 17.9. The standard InChI is InChI=1S/C29H36N6O2/c1-5-26(28-31-32-33-35(28)18-25-7-6-12-37-25)34(16-22-10-8-19(2)9-11-22)17-24-15-23-14-20(3)13-21(4)27(23)30-29(24)36/h8-11,13-15,25-26H,5-7,12,16-18H2,1-4H3,(H,30,36)/t25-,26-/m0/s1. The van der Waals surface area contributed by atoms with Crippen molar-refractivity contribution < 1.29 is 4.74 Å². The van der Waals surface area contributed by atoms with E-state index in [1.165, 1.54) is 16.7 Å². The third-order valence-corrected chi connectivity index (χ3v) is 7.34. The van der Waals surface area contributed by atoms with Gasteiger partial charge in [-0.15, -0.1) is 5.10 Å². The van der Waals surface area contributed by atoms with Crippen molar-refractivity contribution in [2.75, 3.05) is 6.61 Å². The second-order valence-electron chi connectivity index (χ2n) is 10.3. The highest BCUT2D eigenvalue weighted by Gasteiger charge is 2.28. The van der Waals surface area contributed by atoms with Crippen LogP contribution in [0.4, 0.5) is 0 Å². The lowest BCUT2D eigenvalue weighted by atomic mass is 10.0. The first-order valence-electron chi connectivity index (χ1n) is 13.2. The first kappa shape index (κ1) is 25.3. The number of hydrogen-bond acceptors (Lipinski definition) is 6. The van der Waals surface area contributed by atoms with E-state index in [1.54, 1.807) is 0 Å². The third-order valence-electron chi connectivity index (χ3n) is 7.34. The van der Waals surface area contributed by atoms with Crippen molar-refractivity contribution >= 4 is 10.9 Å². The van der Waals surface area contributed by atoms with Gasteiger partial charge in [-0.05, 0) is 79.1 Å². The molecule has 8 heteroatoms. The number of H-pyrrole nitrogens is 1. The molecule has 0 unspecified atom stereocenters. The molecule has 0 amide bonds. The third kappa shape index (κ3) is 5.65. The van der Waals surface area contributed by atoms with Gasteiger partial charge in [0, 0.05) is 25.3 Å². The van der Waals surface area contributed by atoms with E-state index in [-0.39, 0.29) is 17.7 Å². The molecular formula is C29H36N6O2. The predicted molar refractivity (Wildman–Crippen MR) is 144 cm³/mol. The smallest absolute Gasteiger partial charge is 0.252 e. The number of fused-ring (bicyclic) bond motifs is 1. The summed E-state index contributed by atoms with van der Waals surface area (Å²) in [7, 11) is 0. The molecule has 2 aromatic carbocycles. The SMILES string of the molecule is CC[C@@H](c1nnnn1C[C@@H]1CCCO1)N(Cc1ccc(C)cc1)Cc1cc2cc(C)cc(C)c2[nH]c1=O. The Hall–Kier alpha value is -3.36. The van der Waals surface area contributed by atoms with Gasteiger partial charge in [0.05, 0.1) is 24.2 Å². The van der Waals surface area contributed by atoms with Crippen LogP contribution in [0.3, 0.4) is 0 Å². The number of aromatic nitrogens is 5. The van der Waals surface area contributed by atoms with E-state index >= 15 is 0 Å². The molecule has 1 saturated heterocycles. The number of ether oxygens (including phenoxy) is 1. The quantitative estimate of drug-likeness (QED) is 0.356. The molecule has 1 N–H and O–H groups in total. The fourth-order valence-corrected chi connectivity index (χ4v) is 5.44. The van der Waals surface area contributed by atoms with Crippen molar-refractivity contribution in [1.29, 1.82) is 0 Å². The molecule has 5 rings (SSSR count). The minimum Gasteiger partial charge on any atom is -0.376 e. The molecule has 0 aliphatic carbocycles. The molecule has 2 aromatic heterocycles. The molecule has 1 aliphatic heterocycles. The molecule has 1 aliphatic rings. The molecule has 194 valence electrons. The largest absolute Gasteiger partial charge is 0.376 e. The molecule has 4 aromatic rings. The number of rotatable bonds is 9. The lowest BCUT2D eigenvalue weighted by Gasteiger charge is -2.30. The Morgan fingerprint density at radius 2 is 1.92 bits per heavy atom. The average Bonchev–Trinajstić information content (AvgIpc) is 3.55. The van der Waals surface area contributed by atoms with E-state index in [9.17, 15) is 4.79 Å². The summed E-state index contributed by atoms with van der Waals surface area (Å²) in [6.07, 6.45) is 3.04. The predicted octanol–water partition coefficient (Wildman–Crippen LogP) is 4.77. The fourth-order valence-electron chi connectivity index (χ4n) is 5.44.